The number of carbonyl (C=O) groups excluding carboxylic acids is 4. The highest BCUT2D eigenvalue weighted by atomic mass is 16.7. The van der Waals surface area contributed by atoms with E-state index in [9.17, 15) is 19.2 Å². The van der Waals surface area contributed by atoms with E-state index in [1.54, 1.807) is 48.5 Å². The summed E-state index contributed by atoms with van der Waals surface area (Å²) in [5.74, 6) is -2.39. The minimum Gasteiger partial charge on any atom is -0.484 e. The van der Waals surface area contributed by atoms with Crippen LogP contribution in [0.1, 0.15) is 31.1 Å². The number of nitrogens with one attached hydrogen (secondary N) is 1. The second kappa shape index (κ2) is 8.50. The first kappa shape index (κ1) is 19.8. The fourth-order valence-corrected chi connectivity index (χ4v) is 3.00. The Morgan fingerprint density at radius 3 is 2.03 bits per heavy atom. The van der Waals surface area contributed by atoms with Crippen LogP contribution in [0.2, 0.25) is 0 Å². The van der Waals surface area contributed by atoms with Crippen LogP contribution in [0, 0.1) is 0 Å². The van der Waals surface area contributed by atoms with E-state index in [0.717, 1.165) is 0 Å². The Morgan fingerprint density at radius 1 is 0.774 bits per heavy atom. The Hall–Kier alpha value is -4.46. The van der Waals surface area contributed by atoms with E-state index in [-0.39, 0.29) is 29.0 Å². The van der Waals surface area contributed by atoms with Crippen LogP contribution in [-0.2, 0) is 9.63 Å². The van der Waals surface area contributed by atoms with Gasteiger partial charge in [0.25, 0.3) is 17.7 Å². The van der Waals surface area contributed by atoms with E-state index in [2.05, 4.69) is 5.32 Å². The number of hydrogen-bond acceptors (Lipinski definition) is 6. The fourth-order valence-electron chi connectivity index (χ4n) is 3.00. The predicted octanol–water partition coefficient (Wildman–Crippen LogP) is 3.07. The minimum atomic E-state index is -0.964. The molecular formula is C23H16N2O6. The third kappa shape index (κ3) is 4.13. The first-order valence-corrected chi connectivity index (χ1v) is 9.31. The molecule has 3 aromatic rings. The highest BCUT2D eigenvalue weighted by Crippen LogP contribution is 2.24. The molecule has 0 saturated heterocycles. The van der Waals surface area contributed by atoms with Crippen molar-refractivity contribution in [1.29, 1.82) is 0 Å². The molecule has 8 heteroatoms. The van der Waals surface area contributed by atoms with Crippen molar-refractivity contribution in [2.75, 3.05) is 11.9 Å². The molecule has 154 valence electrons. The van der Waals surface area contributed by atoms with Crippen molar-refractivity contribution in [2.24, 2.45) is 0 Å². The number of imide groups is 1. The second-order valence-corrected chi connectivity index (χ2v) is 6.52. The lowest BCUT2D eigenvalue weighted by atomic mass is 10.1. The Morgan fingerprint density at radius 2 is 1.35 bits per heavy atom. The van der Waals surface area contributed by atoms with Gasteiger partial charge >= 0.3 is 5.97 Å². The number of hydroxylamine groups is 2. The predicted molar refractivity (Wildman–Crippen MR) is 109 cm³/mol. The topological polar surface area (TPSA) is 102 Å². The van der Waals surface area contributed by atoms with E-state index in [4.69, 9.17) is 9.57 Å². The van der Waals surface area contributed by atoms with E-state index >= 15 is 0 Å². The maximum Gasteiger partial charge on any atom is 0.366 e. The number of anilines is 1. The molecule has 0 fully saturated rings. The molecule has 0 radical (unpaired) electrons. The lowest BCUT2D eigenvalue weighted by Gasteiger charge is -2.15. The average molecular weight is 416 g/mol. The molecule has 0 saturated carbocycles. The molecule has 3 amide bonds. The summed E-state index contributed by atoms with van der Waals surface area (Å²) in [6.45, 7) is -0.272. The van der Waals surface area contributed by atoms with E-state index < -0.39 is 23.7 Å². The number of rotatable bonds is 6. The van der Waals surface area contributed by atoms with Crippen molar-refractivity contribution in [3.63, 3.8) is 0 Å². The Labute approximate surface area is 177 Å². The molecule has 4 rings (SSSR count). The van der Waals surface area contributed by atoms with Crippen molar-refractivity contribution in [1.82, 2.24) is 5.06 Å². The smallest absolute Gasteiger partial charge is 0.366 e. The van der Waals surface area contributed by atoms with Crippen LogP contribution in [0.5, 0.6) is 5.75 Å². The molecule has 1 N–H and O–H groups in total. The van der Waals surface area contributed by atoms with Crippen LogP contribution in [0.3, 0.4) is 0 Å². The van der Waals surface area contributed by atoms with Crippen LogP contribution < -0.4 is 10.1 Å². The van der Waals surface area contributed by atoms with Gasteiger partial charge in [-0.1, -0.05) is 47.5 Å². The molecule has 0 aromatic heterocycles. The number of amides is 3. The van der Waals surface area contributed by atoms with E-state index in [1.807, 2.05) is 6.07 Å². The van der Waals surface area contributed by atoms with Gasteiger partial charge < -0.3 is 14.9 Å². The number of fused-ring (bicyclic) bond motifs is 1. The monoisotopic (exact) mass is 416 g/mol. The SMILES string of the molecule is O=C(COc1ccccc1)Nc1ccccc1C(=O)ON1C(=O)c2ccccc2C1=O. The minimum absolute atomic E-state index is 0.0212. The van der Waals surface area contributed by atoms with Crippen LogP contribution in [0.25, 0.3) is 0 Å². The van der Waals surface area contributed by atoms with Crippen molar-refractivity contribution in [2.45, 2.75) is 0 Å². The van der Waals surface area contributed by atoms with Gasteiger partial charge in [0, 0.05) is 0 Å². The number of hydrogen-bond donors (Lipinski definition) is 1. The summed E-state index contributed by atoms with van der Waals surface area (Å²) in [5, 5.41) is 2.99. The highest BCUT2D eigenvalue weighted by molar-refractivity contribution is 6.21. The lowest BCUT2D eigenvalue weighted by molar-refractivity contribution is -0.118. The number of para-hydroxylation sites is 2. The van der Waals surface area contributed by atoms with Gasteiger partial charge in [0.15, 0.2) is 6.61 Å². The van der Waals surface area contributed by atoms with Crippen molar-refractivity contribution in [3.8, 4) is 5.75 Å². The zero-order valence-corrected chi connectivity index (χ0v) is 16.1. The van der Waals surface area contributed by atoms with Crippen LogP contribution in [0.4, 0.5) is 5.69 Å². The zero-order chi connectivity index (χ0) is 21.8. The summed E-state index contributed by atoms with van der Waals surface area (Å²) < 4.78 is 5.39. The number of carbonyl (C=O) groups is 4. The molecule has 1 aliphatic rings. The normalized spacial score (nSPS) is 12.3. The largest absolute Gasteiger partial charge is 0.484 e. The molecule has 1 heterocycles. The molecule has 1 aliphatic heterocycles. The van der Waals surface area contributed by atoms with Gasteiger partial charge in [0.05, 0.1) is 22.4 Å². The van der Waals surface area contributed by atoms with Gasteiger partial charge in [-0.3, -0.25) is 14.4 Å². The van der Waals surface area contributed by atoms with Crippen LogP contribution in [-0.4, -0.2) is 35.4 Å². The molecule has 31 heavy (non-hydrogen) atoms. The summed E-state index contributed by atoms with van der Waals surface area (Å²) in [5.41, 5.74) is 0.442. The molecule has 0 bridgehead atoms. The van der Waals surface area contributed by atoms with Crippen molar-refractivity contribution < 1.29 is 28.8 Å². The summed E-state index contributed by atoms with van der Waals surface area (Å²) >= 11 is 0. The van der Waals surface area contributed by atoms with E-state index in [1.165, 1.54) is 24.3 Å². The van der Waals surface area contributed by atoms with Gasteiger partial charge in [-0.2, -0.15) is 0 Å². The first-order chi connectivity index (χ1) is 15.0. The lowest BCUT2D eigenvalue weighted by Crippen LogP contribution is -2.33. The Bertz CT molecular complexity index is 1140. The third-order valence-corrected chi connectivity index (χ3v) is 4.47. The maximum absolute atomic E-state index is 12.7. The molecule has 0 unspecified atom stereocenters. The highest BCUT2D eigenvalue weighted by Gasteiger charge is 2.39. The van der Waals surface area contributed by atoms with Gasteiger partial charge in [-0.15, -0.1) is 0 Å². The zero-order valence-electron chi connectivity index (χ0n) is 16.1. The molecule has 8 nitrogen and oxygen atoms in total. The average Bonchev–Trinajstić information content (AvgIpc) is 3.04. The van der Waals surface area contributed by atoms with E-state index in [0.29, 0.717) is 10.8 Å². The Balaban J connectivity index is 1.45. The number of benzene rings is 3. The fraction of sp³-hybridized carbons (Fsp3) is 0.0435. The van der Waals surface area contributed by atoms with Crippen LogP contribution in [0.15, 0.2) is 78.9 Å². The Kier molecular flexibility index (Phi) is 5.44. The van der Waals surface area contributed by atoms with Gasteiger partial charge in [-0.05, 0) is 36.4 Å². The quantitative estimate of drug-likeness (QED) is 0.620. The molecule has 3 aromatic carbocycles. The number of nitrogens with zero attached hydrogens (tertiary/aromatic N) is 1. The van der Waals surface area contributed by atoms with Gasteiger partial charge in [0.1, 0.15) is 5.75 Å². The standard InChI is InChI=1S/C23H16N2O6/c26-20(14-30-15-8-2-1-3-9-15)24-19-13-7-6-12-18(19)23(29)31-25-21(27)16-10-4-5-11-17(16)22(25)28/h1-13H,14H2,(H,24,26). The third-order valence-electron chi connectivity index (χ3n) is 4.47. The molecular weight excluding hydrogens is 400 g/mol. The summed E-state index contributed by atoms with van der Waals surface area (Å²) in [7, 11) is 0. The summed E-state index contributed by atoms with van der Waals surface area (Å²) in [6, 6.07) is 21.1. The van der Waals surface area contributed by atoms with Crippen molar-refractivity contribution >= 4 is 29.4 Å². The molecule has 0 atom stereocenters. The first-order valence-electron chi connectivity index (χ1n) is 9.31. The molecule has 0 aliphatic carbocycles. The number of ether oxygens (including phenoxy) is 1. The molecule has 0 spiro atoms. The van der Waals surface area contributed by atoms with Crippen LogP contribution >= 0.6 is 0 Å². The van der Waals surface area contributed by atoms with Gasteiger partial charge in [-0.25, -0.2) is 4.79 Å². The second-order valence-electron chi connectivity index (χ2n) is 6.52. The van der Waals surface area contributed by atoms with Crippen molar-refractivity contribution in [3.05, 3.63) is 95.6 Å². The maximum atomic E-state index is 12.7. The summed E-state index contributed by atoms with van der Waals surface area (Å²) in [6.07, 6.45) is 0. The summed E-state index contributed by atoms with van der Waals surface area (Å²) in [4.78, 5) is 54.8. The van der Waals surface area contributed by atoms with Gasteiger partial charge in [0.2, 0.25) is 0 Å².